The third-order valence-corrected chi connectivity index (χ3v) is 3.53. The van der Waals surface area contributed by atoms with Crippen LogP contribution in [-0.2, 0) is 0 Å². The van der Waals surface area contributed by atoms with Crippen LogP contribution in [0.15, 0.2) is 12.3 Å². The largest absolute Gasteiger partial charge is 0.481 e. The molecule has 1 aromatic rings. The van der Waals surface area contributed by atoms with Crippen molar-refractivity contribution in [3.8, 4) is 5.88 Å². The second-order valence-electron chi connectivity index (χ2n) is 5.46. The monoisotopic (exact) mass is 249 g/mol. The third kappa shape index (κ3) is 3.34. The van der Waals surface area contributed by atoms with Crippen molar-refractivity contribution in [3.05, 3.63) is 12.3 Å². The number of rotatable bonds is 4. The van der Waals surface area contributed by atoms with E-state index in [-0.39, 0.29) is 0 Å². The Kier molecular flexibility index (Phi) is 4.39. The molecule has 1 aliphatic heterocycles. The van der Waals surface area contributed by atoms with Crippen LogP contribution in [0.25, 0.3) is 0 Å². The molecule has 0 N–H and O–H groups in total. The lowest BCUT2D eigenvalue weighted by molar-refractivity contribution is 0.335. The lowest BCUT2D eigenvalue weighted by Gasteiger charge is -2.32. The molecule has 0 atom stereocenters. The first-order chi connectivity index (χ1) is 8.69. The maximum Gasteiger partial charge on any atom is 0.228 e. The Bertz CT molecular complexity index is 373. The third-order valence-electron chi connectivity index (χ3n) is 3.53. The quantitative estimate of drug-likeness (QED) is 0.822. The molecule has 4 heteroatoms. The molecule has 100 valence electrons. The molecule has 0 unspecified atom stereocenters. The van der Waals surface area contributed by atoms with Gasteiger partial charge in [0.2, 0.25) is 11.8 Å². The highest BCUT2D eigenvalue weighted by molar-refractivity contribution is 5.32. The molecular formula is C14H23N3O. The van der Waals surface area contributed by atoms with Crippen LogP contribution in [-0.4, -0.2) is 30.2 Å². The number of aromatic nitrogens is 2. The number of methoxy groups -OCH3 is 1. The molecule has 0 spiro atoms. The Morgan fingerprint density at radius 3 is 2.72 bits per heavy atom. The smallest absolute Gasteiger partial charge is 0.228 e. The number of hydrogen-bond donors (Lipinski definition) is 0. The van der Waals surface area contributed by atoms with E-state index in [2.05, 4.69) is 28.7 Å². The average molecular weight is 249 g/mol. The van der Waals surface area contributed by atoms with Crippen molar-refractivity contribution in [3.63, 3.8) is 0 Å². The summed E-state index contributed by atoms with van der Waals surface area (Å²) in [5.74, 6) is 3.11. The predicted octanol–water partition coefficient (Wildman–Crippen LogP) is 2.75. The van der Waals surface area contributed by atoms with E-state index < -0.39 is 0 Å². The first-order valence-corrected chi connectivity index (χ1v) is 6.81. The summed E-state index contributed by atoms with van der Waals surface area (Å²) in [7, 11) is 1.64. The van der Waals surface area contributed by atoms with Gasteiger partial charge in [0.1, 0.15) is 0 Å². The second-order valence-corrected chi connectivity index (χ2v) is 5.46. The maximum absolute atomic E-state index is 5.14. The highest BCUT2D eigenvalue weighted by atomic mass is 16.5. The minimum atomic E-state index is 0.643. The lowest BCUT2D eigenvalue weighted by atomic mass is 9.89. The van der Waals surface area contributed by atoms with Gasteiger partial charge in [-0.15, -0.1) is 0 Å². The van der Waals surface area contributed by atoms with Crippen molar-refractivity contribution < 1.29 is 4.74 Å². The van der Waals surface area contributed by atoms with Crippen LogP contribution in [0.1, 0.15) is 33.1 Å². The van der Waals surface area contributed by atoms with E-state index in [0.29, 0.717) is 5.88 Å². The Labute approximate surface area is 109 Å². The van der Waals surface area contributed by atoms with E-state index in [1.165, 1.54) is 19.3 Å². The number of hydrogen-bond acceptors (Lipinski definition) is 4. The zero-order valence-electron chi connectivity index (χ0n) is 11.6. The summed E-state index contributed by atoms with van der Waals surface area (Å²) >= 11 is 0. The summed E-state index contributed by atoms with van der Waals surface area (Å²) in [6, 6.07) is 1.79. The minimum Gasteiger partial charge on any atom is -0.481 e. The molecule has 1 aromatic heterocycles. The Morgan fingerprint density at radius 1 is 1.39 bits per heavy atom. The van der Waals surface area contributed by atoms with E-state index in [1.807, 2.05) is 0 Å². The summed E-state index contributed by atoms with van der Waals surface area (Å²) < 4.78 is 5.14. The molecule has 0 aliphatic carbocycles. The summed E-state index contributed by atoms with van der Waals surface area (Å²) in [6.45, 7) is 6.73. The summed E-state index contributed by atoms with van der Waals surface area (Å²) in [5, 5.41) is 0. The molecule has 0 amide bonds. The van der Waals surface area contributed by atoms with Crippen LogP contribution in [0.5, 0.6) is 5.88 Å². The Balaban J connectivity index is 1.92. The molecule has 0 bridgehead atoms. The summed E-state index contributed by atoms with van der Waals surface area (Å²) in [5.41, 5.74) is 0. The van der Waals surface area contributed by atoms with Crippen LogP contribution in [0, 0.1) is 11.8 Å². The number of piperidine rings is 1. The van der Waals surface area contributed by atoms with Crippen LogP contribution in [0.3, 0.4) is 0 Å². The fourth-order valence-corrected chi connectivity index (χ4v) is 2.63. The topological polar surface area (TPSA) is 38.2 Å². The molecule has 1 saturated heterocycles. The Hall–Kier alpha value is -1.32. The second kappa shape index (κ2) is 6.03. The van der Waals surface area contributed by atoms with Crippen LogP contribution < -0.4 is 9.64 Å². The van der Waals surface area contributed by atoms with Crippen molar-refractivity contribution in [1.29, 1.82) is 0 Å². The van der Waals surface area contributed by atoms with Gasteiger partial charge in [0.05, 0.1) is 7.11 Å². The van der Waals surface area contributed by atoms with Crippen LogP contribution >= 0.6 is 0 Å². The van der Waals surface area contributed by atoms with Crippen LogP contribution in [0.2, 0.25) is 0 Å². The van der Waals surface area contributed by atoms with Gasteiger partial charge in [-0.3, -0.25) is 0 Å². The minimum absolute atomic E-state index is 0.643. The molecule has 0 aromatic carbocycles. The number of anilines is 1. The van der Waals surface area contributed by atoms with Gasteiger partial charge in [-0.25, -0.2) is 4.98 Å². The fraction of sp³-hybridized carbons (Fsp3) is 0.714. The molecule has 18 heavy (non-hydrogen) atoms. The first-order valence-electron chi connectivity index (χ1n) is 6.81. The molecule has 0 radical (unpaired) electrons. The average Bonchev–Trinajstić information content (AvgIpc) is 2.39. The van der Waals surface area contributed by atoms with Gasteiger partial charge in [-0.05, 0) is 31.1 Å². The maximum atomic E-state index is 5.14. The van der Waals surface area contributed by atoms with E-state index in [4.69, 9.17) is 4.74 Å². The zero-order valence-corrected chi connectivity index (χ0v) is 11.6. The highest BCUT2D eigenvalue weighted by Gasteiger charge is 2.21. The van der Waals surface area contributed by atoms with Gasteiger partial charge >= 0.3 is 0 Å². The van der Waals surface area contributed by atoms with E-state index in [9.17, 15) is 0 Å². The number of ether oxygens (including phenoxy) is 1. The van der Waals surface area contributed by atoms with Gasteiger partial charge in [-0.2, -0.15) is 4.98 Å². The van der Waals surface area contributed by atoms with Gasteiger partial charge in [0.15, 0.2) is 0 Å². The zero-order chi connectivity index (χ0) is 13.0. The molecule has 1 aliphatic rings. The van der Waals surface area contributed by atoms with Crippen LogP contribution in [0.4, 0.5) is 5.95 Å². The van der Waals surface area contributed by atoms with E-state index >= 15 is 0 Å². The van der Waals surface area contributed by atoms with Gasteiger partial charge in [-0.1, -0.05) is 13.8 Å². The van der Waals surface area contributed by atoms with Gasteiger partial charge in [0, 0.05) is 25.4 Å². The van der Waals surface area contributed by atoms with Gasteiger partial charge in [0.25, 0.3) is 0 Å². The highest BCUT2D eigenvalue weighted by Crippen LogP contribution is 2.26. The first kappa shape index (κ1) is 13.1. The van der Waals surface area contributed by atoms with E-state index in [1.54, 1.807) is 19.4 Å². The standard InChI is InChI=1S/C14H23N3O/c1-11(2)10-12-5-8-17(9-6-12)14-15-7-4-13(16-14)18-3/h4,7,11-12H,5-6,8-10H2,1-3H3. The molecular weight excluding hydrogens is 226 g/mol. The normalized spacial score (nSPS) is 17.2. The van der Waals surface area contributed by atoms with Gasteiger partial charge < -0.3 is 9.64 Å². The summed E-state index contributed by atoms with van der Waals surface area (Å²) in [6.07, 6.45) is 5.60. The van der Waals surface area contributed by atoms with Crippen molar-refractivity contribution in [2.75, 3.05) is 25.1 Å². The van der Waals surface area contributed by atoms with E-state index in [0.717, 1.165) is 30.9 Å². The van der Waals surface area contributed by atoms with Crippen molar-refractivity contribution in [1.82, 2.24) is 9.97 Å². The fourth-order valence-electron chi connectivity index (χ4n) is 2.63. The summed E-state index contributed by atoms with van der Waals surface area (Å²) in [4.78, 5) is 11.0. The molecule has 0 saturated carbocycles. The lowest BCUT2D eigenvalue weighted by Crippen LogP contribution is -2.35. The molecule has 2 heterocycles. The number of nitrogens with zero attached hydrogens (tertiary/aromatic N) is 3. The Morgan fingerprint density at radius 2 is 2.11 bits per heavy atom. The molecule has 1 fully saturated rings. The van der Waals surface area contributed by atoms with Crippen molar-refractivity contribution >= 4 is 5.95 Å². The predicted molar refractivity (Wildman–Crippen MR) is 73.0 cm³/mol. The van der Waals surface area contributed by atoms with Crippen molar-refractivity contribution in [2.24, 2.45) is 11.8 Å². The SMILES string of the molecule is COc1ccnc(N2CCC(CC(C)C)CC2)n1. The molecule has 4 nitrogen and oxygen atoms in total. The molecule has 2 rings (SSSR count). The van der Waals surface area contributed by atoms with Crippen molar-refractivity contribution in [2.45, 2.75) is 33.1 Å².